The van der Waals surface area contributed by atoms with Crippen LogP contribution < -0.4 is 10.6 Å². The summed E-state index contributed by atoms with van der Waals surface area (Å²) in [7, 11) is 7.13. The van der Waals surface area contributed by atoms with Crippen LogP contribution in [0, 0.1) is 0 Å². The molecule has 0 saturated carbocycles. The van der Waals surface area contributed by atoms with Crippen molar-refractivity contribution in [2.75, 3.05) is 24.7 Å². The lowest BCUT2D eigenvalue weighted by Crippen LogP contribution is -2.09. The number of nitrogens with two attached hydrogens (primary N) is 1. The van der Waals surface area contributed by atoms with Crippen molar-refractivity contribution in [1.29, 1.82) is 0 Å². The van der Waals surface area contributed by atoms with E-state index in [0.29, 0.717) is 21.8 Å². The third-order valence-corrected chi connectivity index (χ3v) is 7.54. The Morgan fingerprint density at radius 2 is 1.09 bits per heavy atom. The lowest BCUT2D eigenvalue weighted by Gasteiger charge is -2.16. The van der Waals surface area contributed by atoms with Crippen LogP contribution in [0.2, 0.25) is 0 Å². The summed E-state index contributed by atoms with van der Waals surface area (Å²) in [6.45, 7) is 0. The zero-order chi connectivity index (χ0) is 23.7. The molecule has 0 aromatic heterocycles. The molecule has 0 aliphatic carbocycles. The summed E-state index contributed by atoms with van der Waals surface area (Å²) in [5.41, 5.74) is 7.23. The van der Waals surface area contributed by atoms with Gasteiger partial charge in [-0.15, -0.1) is 0 Å². The van der Waals surface area contributed by atoms with Crippen LogP contribution in [-0.4, -0.2) is 30.9 Å². The second kappa shape index (κ2) is 9.15. The number of anilines is 2. The van der Waals surface area contributed by atoms with Gasteiger partial charge in [0.15, 0.2) is 0 Å². The molecule has 168 valence electrons. The number of halogens is 2. The van der Waals surface area contributed by atoms with Crippen molar-refractivity contribution < 1.29 is 16.8 Å². The van der Waals surface area contributed by atoms with Crippen LogP contribution >= 0.6 is 21.4 Å². The normalized spacial score (nSPS) is 11.8. The summed E-state index contributed by atoms with van der Waals surface area (Å²) in [5, 5.41) is 2.76. The summed E-state index contributed by atoms with van der Waals surface area (Å²) >= 11 is 0. The van der Waals surface area contributed by atoms with Crippen LogP contribution in [0.4, 0.5) is 11.4 Å². The van der Waals surface area contributed by atoms with Gasteiger partial charge >= 0.3 is 0 Å². The molecule has 0 saturated heterocycles. The van der Waals surface area contributed by atoms with E-state index in [2.05, 4.69) is 0 Å². The van der Waals surface area contributed by atoms with Crippen molar-refractivity contribution in [2.45, 2.75) is 9.79 Å². The molecule has 4 aromatic rings. The molecular weight excluding hydrogens is 491 g/mol. The number of hydrogen-bond acceptors (Lipinski definition) is 6. The van der Waals surface area contributed by atoms with Crippen LogP contribution in [0.5, 0.6) is 0 Å². The first kappa shape index (κ1) is 24.1. The molecule has 0 aliphatic rings. The highest BCUT2D eigenvalue weighted by atomic mass is 35.7. The minimum absolute atomic E-state index is 0.0916. The third-order valence-electron chi connectivity index (χ3n) is 4.78. The van der Waals surface area contributed by atoms with Crippen molar-refractivity contribution in [1.82, 2.24) is 0 Å². The fraction of sp³-hybridized carbons (Fsp3) is 0.0909. The standard InChI is InChI=1S/C12H12ClNO2S.C10H8ClNO2S/c1-14(2)11-7-3-6-10-9(11)5-4-8-12(10)17(13,15)16;11-15(13,14)10-6-5-9(12)7-3-1-2-4-8(7)10/h3-8H,1-2H3;1-6H,12H2. The van der Waals surface area contributed by atoms with Crippen LogP contribution in [0.1, 0.15) is 0 Å². The van der Waals surface area contributed by atoms with Gasteiger partial charge in [0.05, 0.1) is 9.79 Å². The minimum atomic E-state index is -3.73. The molecule has 32 heavy (non-hydrogen) atoms. The molecule has 10 heteroatoms. The monoisotopic (exact) mass is 510 g/mol. The lowest BCUT2D eigenvalue weighted by molar-refractivity contribution is 0.608. The molecule has 0 bridgehead atoms. The smallest absolute Gasteiger partial charge is 0.261 e. The van der Waals surface area contributed by atoms with Gasteiger partial charge in [0, 0.05) is 68.4 Å². The first-order chi connectivity index (χ1) is 14.9. The molecule has 4 rings (SSSR count). The van der Waals surface area contributed by atoms with Crippen molar-refractivity contribution >= 4 is 72.4 Å². The number of fused-ring (bicyclic) bond motifs is 2. The molecule has 6 nitrogen and oxygen atoms in total. The van der Waals surface area contributed by atoms with Gasteiger partial charge in [-0.1, -0.05) is 48.5 Å². The number of benzene rings is 4. The zero-order valence-electron chi connectivity index (χ0n) is 17.2. The van der Waals surface area contributed by atoms with Crippen molar-refractivity contribution in [3.05, 3.63) is 72.8 Å². The van der Waals surface area contributed by atoms with Crippen LogP contribution in [0.15, 0.2) is 82.6 Å². The third kappa shape index (κ3) is 5.10. The number of hydrogen-bond donors (Lipinski definition) is 1. The Morgan fingerprint density at radius 1 is 0.625 bits per heavy atom. The van der Waals surface area contributed by atoms with E-state index in [4.69, 9.17) is 27.1 Å². The maximum absolute atomic E-state index is 11.5. The van der Waals surface area contributed by atoms with E-state index in [1.165, 1.54) is 18.2 Å². The predicted molar refractivity (Wildman–Crippen MR) is 133 cm³/mol. The summed E-state index contributed by atoms with van der Waals surface area (Å²) in [6, 6.07) is 20.6. The summed E-state index contributed by atoms with van der Waals surface area (Å²) in [4.78, 5) is 2.18. The molecule has 0 spiro atoms. The highest BCUT2D eigenvalue weighted by molar-refractivity contribution is 8.14. The summed E-state index contributed by atoms with van der Waals surface area (Å²) in [6.07, 6.45) is 0. The molecule has 4 aromatic carbocycles. The van der Waals surface area contributed by atoms with Gasteiger partial charge in [-0.05, 0) is 24.3 Å². The van der Waals surface area contributed by atoms with Crippen LogP contribution in [-0.2, 0) is 18.1 Å². The molecule has 0 heterocycles. The molecule has 0 radical (unpaired) electrons. The fourth-order valence-electron chi connectivity index (χ4n) is 3.37. The molecular formula is C22H20Cl2N2O4S2. The second-order valence-electron chi connectivity index (χ2n) is 7.10. The Balaban J connectivity index is 0.000000182. The van der Waals surface area contributed by atoms with Gasteiger partial charge in [0.25, 0.3) is 18.1 Å². The summed E-state index contributed by atoms with van der Waals surface area (Å²) in [5.74, 6) is 0. The molecule has 0 aliphatic heterocycles. The average molecular weight is 511 g/mol. The molecule has 0 fully saturated rings. The van der Waals surface area contributed by atoms with E-state index in [1.54, 1.807) is 36.4 Å². The largest absolute Gasteiger partial charge is 0.398 e. The fourth-order valence-corrected chi connectivity index (χ4v) is 5.53. The lowest BCUT2D eigenvalue weighted by atomic mass is 10.1. The predicted octanol–water partition coefficient (Wildman–Crippen LogP) is 5.18. The molecule has 0 atom stereocenters. The van der Waals surface area contributed by atoms with Gasteiger partial charge < -0.3 is 10.6 Å². The Bertz CT molecular complexity index is 1520. The van der Waals surface area contributed by atoms with E-state index < -0.39 is 18.1 Å². The van der Waals surface area contributed by atoms with Gasteiger partial charge in [0.1, 0.15) is 0 Å². The molecule has 2 N–H and O–H groups in total. The van der Waals surface area contributed by atoms with Gasteiger partial charge in [-0.3, -0.25) is 0 Å². The summed E-state index contributed by atoms with van der Waals surface area (Å²) < 4.78 is 45.5. The van der Waals surface area contributed by atoms with E-state index in [-0.39, 0.29) is 9.79 Å². The molecule has 0 amide bonds. The number of nitrogen functional groups attached to an aromatic ring is 1. The first-order valence-electron chi connectivity index (χ1n) is 9.27. The van der Waals surface area contributed by atoms with E-state index in [9.17, 15) is 16.8 Å². The van der Waals surface area contributed by atoms with E-state index in [1.807, 2.05) is 37.2 Å². The van der Waals surface area contributed by atoms with E-state index in [0.717, 1.165) is 11.1 Å². The Hall–Kier alpha value is -2.52. The first-order valence-corrected chi connectivity index (χ1v) is 13.9. The van der Waals surface area contributed by atoms with Crippen LogP contribution in [0.3, 0.4) is 0 Å². The van der Waals surface area contributed by atoms with Crippen LogP contribution in [0.25, 0.3) is 21.5 Å². The van der Waals surface area contributed by atoms with Gasteiger partial charge in [-0.2, -0.15) is 0 Å². The minimum Gasteiger partial charge on any atom is -0.398 e. The maximum atomic E-state index is 11.5. The maximum Gasteiger partial charge on any atom is 0.261 e. The SMILES string of the molecule is CN(C)c1cccc2c(S(=O)(=O)Cl)cccc12.Nc1ccc(S(=O)(=O)Cl)c2ccccc12. The van der Waals surface area contributed by atoms with Crippen molar-refractivity contribution in [3.8, 4) is 0 Å². The van der Waals surface area contributed by atoms with Gasteiger partial charge in [0.2, 0.25) is 0 Å². The average Bonchev–Trinajstić information content (AvgIpc) is 2.72. The quantitative estimate of drug-likeness (QED) is 0.301. The van der Waals surface area contributed by atoms with Crippen molar-refractivity contribution in [2.24, 2.45) is 0 Å². The molecule has 0 unspecified atom stereocenters. The number of nitrogens with zero attached hydrogens (tertiary/aromatic N) is 1. The Labute approximate surface area is 196 Å². The Kier molecular flexibility index (Phi) is 6.90. The van der Waals surface area contributed by atoms with Crippen molar-refractivity contribution in [3.63, 3.8) is 0 Å². The highest BCUT2D eigenvalue weighted by Gasteiger charge is 2.16. The zero-order valence-corrected chi connectivity index (χ0v) is 20.3. The highest BCUT2D eigenvalue weighted by Crippen LogP contribution is 2.31. The second-order valence-corrected chi connectivity index (χ2v) is 12.2. The van der Waals surface area contributed by atoms with E-state index >= 15 is 0 Å². The van der Waals surface area contributed by atoms with Gasteiger partial charge in [-0.25, -0.2) is 16.8 Å². The topological polar surface area (TPSA) is 97.5 Å². The number of rotatable bonds is 3. The Morgan fingerprint density at radius 3 is 1.69 bits per heavy atom.